The summed E-state index contributed by atoms with van der Waals surface area (Å²) in [6.07, 6.45) is 1.86. The van der Waals surface area contributed by atoms with E-state index in [-0.39, 0.29) is 6.04 Å². The normalized spacial score (nSPS) is 12.7. The molecule has 2 nitrogen and oxygen atoms in total. The predicted molar refractivity (Wildman–Crippen MR) is 81.6 cm³/mol. The van der Waals surface area contributed by atoms with E-state index in [2.05, 4.69) is 59.0 Å². The van der Waals surface area contributed by atoms with Crippen molar-refractivity contribution >= 4 is 22.2 Å². The standard InChI is InChI=1S/C16H16N2S/c1-2-17-16(14-9-5-11-19-14)13-8-3-6-12-7-4-10-18-15(12)13/h3-11,16-17H,2H2,1H3. The van der Waals surface area contributed by atoms with Crippen LogP contribution in [0, 0.1) is 0 Å². The van der Waals surface area contributed by atoms with Crippen molar-refractivity contribution in [1.29, 1.82) is 0 Å². The van der Waals surface area contributed by atoms with E-state index in [0.717, 1.165) is 12.1 Å². The van der Waals surface area contributed by atoms with Crippen LogP contribution in [0.2, 0.25) is 0 Å². The third kappa shape index (κ3) is 2.39. The minimum Gasteiger partial charge on any atom is -0.306 e. The number of pyridine rings is 1. The van der Waals surface area contributed by atoms with Crippen molar-refractivity contribution in [2.75, 3.05) is 6.54 Å². The lowest BCUT2D eigenvalue weighted by molar-refractivity contribution is 0.642. The summed E-state index contributed by atoms with van der Waals surface area (Å²) in [6.45, 7) is 3.07. The average Bonchev–Trinajstić information content (AvgIpc) is 2.98. The molecule has 0 amide bonds. The molecule has 1 aromatic carbocycles. The molecule has 0 bridgehead atoms. The summed E-state index contributed by atoms with van der Waals surface area (Å²) in [4.78, 5) is 5.89. The van der Waals surface area contributed by atoms with Crippen LogP contribution in [0.5, 0.6) is 0 Å². The van der Waals surface area contributed by atoms with Crippen LogP contribution in [0.3, 0.4) is 0 Å². The number of thiophene rings is 1. The van der Waals surface area contributed by atoms with Gasteiger partial charge < -0.3 is 5.32 Å². The van der Waals surface area contributed by atoms with Crippen molar-refractivity contribution in [2.45, 2.75) is 13.0 Å². The second kappa shape index (κ2) is 5.51. The molecule has 3 heteroatoms. The molecule has 19 heavy (non-hydrogen) atoms. The Morgan fingerprint density at radius 3 is 2.84 bits per heavy atom. The summed E-state index contributed by atoms with van der Waals surface area (Å²) in [7, 11) is 0. The van der Waals surface area contributed by atoms with E-state index in [1.807, 2.05) is 12.3 Å². The SMILES string of the molecule is CCNC(c1cccs1)c1cccc2cccnc12. The van der Waals surface area contributed by atoms with Gasteiger partial charge >= 0.3 is 0 Å². The fraction of sp³-hybridized carbons (Fsp3) is 0.188. The van der Waals surface area contributed by atoms with Gasteiger partial charge in [-0.1, -0.05) is 37.3 Å². The van der Waals surface area contributed by atoms with E-state index in [1.54, 1.807) is 11.3 Å². The number of benzene rings is 1. The first-order valence-corrected chi connectivity index (χ1v) is 7.38. The van der Waals surface area contributed by atoms with Crippen molar-refractivity contribution in [3.05, 3.63) is 64.5 Å². The number of nitrogens with zero attached hydrogens (tertiary/aromatic N) is 1. The Morgan fingerprint density at radius 2 is 2.05 bits per heavy atom. The topological polar surface area (TPSA) is 24.9 Å². The Morgan fingerprint density at radius 1 is 1.16 bits per heavy atom. The smallest absolute Gasteiger partial charge is 0.0753 e. The van der Waals surface area contributed by atoms with Gasteiger partial charge in [-0.3, -0.25) is 4.98 Å². The molecular formula is C16H16N2S. The third-order valence-corrected chi connectivity index (χ3v) is 4.15. The number of nitrogens with one attached hydrogen (secondary N) is 1. The molecule has 2 aromatic heterocycles. The van der Waals surface area contributed by atoms with Gasteiger partial charge in [-0.05, 0) is 24.1 Å². The summed E-state index contributed by atoms with van der Waals surface area (Å²) < 4.78 is 0. The molecule has 2 heterocycles. The van der Waals surface area contributed by atoms with Crippen molar-refractivity contribution in [3.63, 3.8) is 0 Å². The van der Waals surface area contributed by atoms with Crippen LogP contribution in [0.1, 0.15) is 23.4 Å². The molecule has 0 spiro atoms. The summed E-state index contributed by atoms with van der Waals surface area (Å²) >= 11 is 1.78. The lowest BCUT2D eigenvalue weighted by Gasteiger charge is -2.18. The van der Waals surface area contributed by atoms with Gasteiger partial charge in [0.05, 0.1) is 11.6 Å². The highest BCUT2D eigenvalue weighted by Gasteiger charge is 2.16. The lowest BCUT2D eigenvalue weighted by Crippen LogP contribution is -2.21. The molecule has 3 rings (SSSR count). The van der Waals surface area contributed by atoms with E-state index < -0.39 is 0 Å². The molecule has 0 aliphatic rings. The molecule has 0 fully saturated rings. The zero-order chi connectivity index (χ0) is 13.1. The molecular weight excluding hydrogens is 252 g/mol. The summed E-state index contributed by atoms with van der Waals surface area (Å²) in [5, 5.41) is 6.88. The van der Waals surface area contributed by atoms with Gasteiger partial charge in [0.15, 0.2) is 0 Å². The van der Waals surface area contributed by atoms with Gasteiger partial charge in [0.2, 0.25) is 0 Å². The highest BCUT2D eigenvalue weighted by Crippen LogP contribution is 2.30. The number of hydrogen-bond acceptors (Lipinski definition) is 3. The van der Waals surface area contributed by atoms with Gasteiger partial charge in [-0.25, -0.2) is 0 Å². The molecule has 1 unspecified atom stereocenters. The first kappa shape index (κ1) is 12.3. The summed E-state index contributed by atoms with van der Waals surface area (Å²) in [5.41, 5.74) is 2.34. The maximum Gasteiger partial charge on any atom is 0.0753 e. The monoisotopic (exact) mass is 268 g/mol. The first-order valence-electron chi connectivity index (χ1n) is 6.50. The van der Waals surface area contributed by atoms with Crippen molar-refractivity contribution in [1.82, 2.24) is 10.3 Å². The van der Waals surface area contributed by atoms with Crippen LogP contribution in [0.25, 0.3) is 10.9 Å². The van der Waals surface area contributed by atoms with Crippen LogP contribution in [0.4, 0.5) is 0 Å². The van der Waals surface area contributed by atoms with Gasteiger partial charge in [0.1, 0.15) is 0 Å². The highest BCUT2D eigenvalue weighted by molar-refractivity contribution is 7.10. The Kier molecular flexibility index (Phi) is 3.58. The lowest BCUT2D eigenvalue weighted by atomic mass is 10.0. The van der Waals surface area contributed by atoms with E-state index >= 15 is 0 Å². The maximum absolute atomic E-state index is 4.56. The van der Waals surface area contributed by atoms with E-state index in [4.69, 9.17) is 0 Å². The van der Waals surface area contributed by atoms with Crippen LogP contribution >= 0.6 is 11.3 Å². The molecule has 0 saturated carbocycles. The van der Waals surface area contributed by atoms with Gasteiger partial charge in [0, 0.05) is 22.0 Å². The molecule has 0 radical (unpaired) electrons. The van der Waals surface area contributed by atoms with Crippen LogP contribution in [-0.2, 0) is 0 Å². The van der Waals surface area contributed by atoms with Crippen LogP contribution in [-0.4, -0.2) is 11.5 Å². The second-order valence-electron chi connectivity index (χ2n) is 4.43. The van der Waals surface area contributed by atoms with Crippen LogP contribution < -0.4 is 5.32 Å². The quantitative estimate of drug-likeness (QED) is 0.773. The average molecular weight is 268 g/mol. The van der Waals surface area contributed by atoms with E-state index in [1.165, 1.54) is 15.8 Å². The molecule has 0 aliphatic carbocycles. The Bertz CT molecular complexity index is 656. The Balaban J connectivity index is 2.15. The molecule has 0 aliphatic heterocycles. The van der Waals surface area contributed by atoms with Crippen molar-refractivity contribution < 1.29 is 0 Å². The number of para-hydroxylation sites is 1. The van der Waals surface area contributed by atoms with Gasteiger partial charge in [0.25, 0.3) is 0 Å². The second-order valence-corrected chi connectivity index (χ2v) is 5.41. The van der Waals surface area contributed by atoms with Crippen molar-refractivity contribution in [3.8, 4) is 0 Å². The molecule has 1 atom stereocenters. The first-order chi connectivity index (χ1) is 9.40. The number of fused-ring (bicyclic) bond motifs is 1. The van der Waals surface area contributed by atoms with E-state index in [0.29, 0.717) is 0 Å². The molecule has 3 aromatic rings. The fourth-order valence-corrected chi connectivity index (χ4v) is 3.20. The van der Waals surface area contributed by atoms with Crippen LogP contribution in [0.15, 0.2) is 54.0 Å². The minimum absolute atomic E-state index is 0.226. The zero-order valence-corrected chi connectivity index (χ0v) is 11.7. The Labute approximate surface area is 117 Å². The summed E-state index contributed by atoms with van der Waals surface area (Å²) in [6, 6.07) is 15.0. The summed E-state index contributed by atoms with van der Waals surface area (Å²) in [5.74, 6) is 0. The van der Waals surface area contributed by atoms with Gasteiger partial charge in [-0.2, -0.15) is 0 Å². The minimum atomic E-state index is 0.226. The largest absolute Gasteiger partial charge is 0.306 e. The molecule has 96 valence electrons. The predicted octanol–water partition coefficient (Wildman–Crippen LogP) is 4.00. The zero-order valence-electron chi connectivity index (χ0n) is 10.8. The van der Waals surface area contributed by atoms with E-state index in [9.17, 15) is 0 Å². The van der Waals surface area contributed by atoms with Crippen molar-refractivity contribution in [2.24, 2.45) is 0 Å². The molecule has 1 N–H and O–H groups in total. The highest BCUT2D eigenvalue weighted by atomic mass is 32.1. The van der Waals surface area contributed by atoms with Gasteiger partial charge in [-0.15, -0.1) is 11.3 Å². The Hall–Kier alpha value is -1.71. The number of aromatic nitrogens is 1. The maximum atomic E-state index is 4.56. The fourth-order valence-electron chi connectivity index (χ4n) is 2.38. The third-order valence-electron chi connectivity index (χ3n) is 3.21. The number of rotatable bonds is 4. The number of hydrogen-bond donors (Lipinski definition) is 1. The molecule has 0 saturated heterocycles.